The second kappa shape index (κ2) is 10.5. The van der Waals surface area contributed by atoms with Gasteiger partial charge in [-0.25, -0.2) is 4.68 Å². The number of piperidine rings is 1. The highest BCUT2D eigenvalue weighted by atomic mass is 16.2. The molecule has 1 atom stereocenters. The summed E-state index contributed by atoms with van der Waals surface area (Å²) in [7, 11) is 1.99. The molecule has 1 saturated heterocycles. The number of nitriles is 1. The number of nitrogens with one attached hydrogen (secondary N) is 2. The van der Waals surface area contributed by atoms with Crippen molar-refractivity contribution < 1.29 is 4.79 Å². The predicted octanol–water partition coefficient (Wildman–Crippen LogP) is 3.39. The summed E-state index contributed by atoms with van der Waals surface area (Å²) in [4.78, 5) is 19.3. The number of aromatic nitrogens is 4. The van der Waals surface area contributed by atoms with Gasteiger partial charge in [-0.1, -0.05) is 23.4 Å². The number of carbonyl (C=O) groups is 1. The summed E-state index contributed by atoms with van der Waals surface area (Å²) in [5, 5.41) is 24.3. The first-order chi connectivity index (χ1) is 17.2. The Morgan fingerprint density at radius 3 is 2.75 bits per heavy atom. The van der Waals surface area contributed by atoms with Gasteiger partial charge in [0.15, 0.2) is 5.69 Å². The highest BCUT2D eigenvalue weighted by molar-refractivity contribution is 5.91. The van der Waals surface area contributed by atoms with Crippen molar-refractivity contribution >= 4 is 11.6 Å². The van der Waals surface area contributed by atoms with Crippen molar-refractivity contribution in [3.8, 4) is 17.2 Å². The first-order valence-corrected chi connectivity index (χ1v) is 12.3. The van der Waals surface area contributed by atoms with Gasteiger partial charge in [-0.15, -0.1) is 5.10 Å². The molecule has 1 fully saturated rings. The van der Waals surface area contributed by atoms with Crippen molar-refractivity contribution in [1.82, 2.24) is 30.6 Å². The van der Waals surface area contributed by atoms with Gasteiger partial charge in [0.25, 0.3) is 5.91 Å². The summed E-state index contributed by atoms with van der Waals surface area (Å²) in [6.45, 7) is 10.2. The molecule has 1 amide bonds. The van der Waals surface area contributed by atoms with E-state index < -0.39 is 0 Å². The number of rotatable bonds is 6. The third kappa shape index (κ3) is 5.39. The van der Waals surface area contributed by atoms with Crippen LogP contribution >= 0.6 is 0 Å². The SMILES string of the molecule is CNC1CCCN(c2cncc(C#N)c2-c2ccc(CNC(=O)c3cn(C(C)(C)C)nn3)c(C)c2)C1. The van der Waals surface area contributed by atoms with Crippen molar-refractivity contribution in [2.45, 2.75) is 58.7 Å². The number of aryl methyl sites for hydroxylation is 1. The molecule has 0 aliphatic carbocycles. The van der Waals surface area contributed by atoms with Crippen LogP contribution in [-0.2, 0) is 12.1 Å². The molecule has 9 heteroatoms. The molecule has 0 bridgehead atoms. The summed E-state index contributed by atoms with van der Waals surface area (Å²) in [6, 6.07) is 8.85. The van der Waals surface area contributed by atoms with Crippen LogP contribution in [0.25, 0.3) is 11.1 Å². The maximum Gasteiger partial charge on any atom is 0.273 e. The van der Waals surface area contributed by atoms with E-state index in [1.165, 1.54) is 0 Å². The number of hydrogen-bond acceptors (Lipinski definition) is 7. The lowest BCUT2D eigenvalue weighted by molar-refractivity contribution is 0.0945. The van der Waals surface area contributed by atoms with Gasteiger partial charge in [0.2, 0.25) is 0 Å². The predicted molar refractivity (Wildman–Crippen MR) is 140 cm³/mol. The number of hydrogen-bond donors (Lipinski definition) is 2. The van der Waals surface area contributed by atoms with Gasteiger partial charge >= 0.3 is 0 Å². The Morgan fingerprint density at radius 2 is 2.08 bits per heavy atom. The molecule has 9 nitrogen and oxygen atoms in total. The standard InChI is InChI=1S/C27H34N8O/c1-18-11-19(8-9-20(18)14-31-26(36)23-17-35(33-32-23)27(2,3)4)25-21(12-28)13-30-15-24(25)34-10-6-7-22(16-34)29-5/h8-9,11,13,15,17,22,29H,6-7,10,14,16H2,1-5H3,(H,31,36). The molecular formula is C27H34N8O. The number of benzene rings is 1. The molecule has 1 aromatic carbocycles. The average Bonchev–Trinajstić information content (AvgIpc) is 3.39. The normalized spacial score (nSPS) is 16.0. The van der Waals surface area contributed by atoms with E-state index in [0.717, 1.165) is 53.9 Å². The number of amides is 1. The molecule has 2 aromatic heterocycles. The first-order valence-electron chi connectivity index (χ1n) is 12.3. The molecule has 3 aromatic rings. The molecule has 4 rings (SSSR count). The van der Waals surface area contributed by atoms with Crippen LogP contribution in [0.1, 0.15) is 60.8 Å². The number of nitrogens with zero attached hydrogens (tertiary/aromatic N) is 6. The maximum absolute atomic E-state index is 12.6. The van der Waals surface area contributed by atoms with Crippen molar-refractivity contribution in [3.63, 3.8) is 0 Å². The smallest absolute Gasteiger partial charge is 0.273 e. The van der Waals surface area contributed by atoms with E-state index in [0.29, 0.717) is 23.8 Å². The monoisotopic (exact) mass is 486 g/mol. The van der Waals surface area contributed by atoms with Crippen LogP contribution in [0.5, 0.6) is 0 Å². The van der Waals surface area contributed by atoms with E-state index in [-0.39, 0.29) is 11.4 Å². The van der Waals surface area contributed by atoms with Crippen LogP contribution < -0.4 is 15.5 Å². The van der Waals surface area contributed by atoms with E-state index in [1.54, 1.807) is 17.1 Å². The molecule has 0 spiro atoms. The van der Waals surface area contributed by atoms with Crippen molar-refractivity contribution in [2.75, 3.05) is 25.0 Å². The fraction of sp³-hybridized carbons (Fsp3) is 0.444. The molecule has 1 aliphatic rings. The summed E-state index contributed by atoms with van der Waals surface area (Å²) >= 11 is 0. The Balaban J connectivity index is 1.55. The van der Waals surface area contributed by atoms with Gasteiger partial charge in [-0.2, -0.15) is 5.26 Å². The largest absolute Gasteiger partial charge is 0.368 e. The minimum absolute atomic E-state index is 0.242. The molecule has 36 heavy (non-hydrogen) atoms. The Kier molecular flexibility index (Phi) is 7.36. The van der Waals surface area contributed by atoms with Crippen molar-refractivity contribution in [2.24, 2.45) is 0 Å². The van der Waals surface area contributed by atoms with Gasteiger partial charge in [-0.05, 0) is 64.3 Å². The van der Waals surface area contributed by atoms with Gasteiger partial charge in [0.05, 0.1) is 29.2 Å². The van der Waals surface area contributed by atoms with E-state index in [9.17, 15) is 10.1 Å². The zero-order valence-corrected chi connectivity index (χ0v) is 21.7. The molecule has 2 N–H and O–H groups in total. The van der Waals surface area contributed by atoms with Gasteiger partial charge in [-0.3, -0.25) is 9.78 Å². The van der Waals surface area contributed by atoms with Crippen LogP contribution in [0.15, 0.2) is 36.8 Å². The number of anilines is 1. The van der Waals surface area contributed by atoms with Gasteiger partial charge in [0, 0.05) is 37.4 Å². The number of likely N-dealkylation sites (N-methyl/N-ethyl adjacent to an activating group) is 1. The fourth-order valence-electron chi connectivity index (χ4n) is 4.52. The molecule has 0 saturated carbocycles. The summed E-state index contributed by atoms with van der Waals surface area (Å²) in [5.74, 6) is -0.263. The fourth-order valence-corrected chi connectivity index (χ4v) is 4.52. The maximum atomic E-state index is 12.6. The number of pyridine rings is 1. The molecule has 3 heterocycles. The molecule has 1 aliphatic heterocycles. The minimum atomic E-state index is -0.263. The second-order valence-electron chi connectivity index (χ2n) is 10.3. The average molecular weight is 487 g/mol. The van der Waals surface area contributed by atoms with Crippen LogP contribution in [0, 0.1) is 18.3 Å². The third-order valence-corrected chi connectivity index (χ3v) is 6.70. The number of carbonyl (C=O) groups excluding carboxylic acids is 1. The lowest BCUT2D eigenvalue weighted by Gasteiger charge is -2.35. The lowest BCUT2D eigenvalue weighted by Crippen LogP contribution is -2.44. The van der Waals surface area contributed by atoms with E-state index >= 15 is 0 Å². The molecule has 0 radical (unpaired) electrons. The van der Waals surface area contributed by atoms with Crippen molar-refractivity contribution in [3.05, 3.63) is 59.2 Å². The summed E-state index contributed by atoms with van der Waals surface area (Å²) in [6.07, 6.45) is 7.39. The molecule has 1 unspecified atom stereocenters. The van der Waals surface area contributed by atoms with E-state index in [2.05, 4.69) is 43.0 Å². The summed E-state index contributed by atoms with van der Waals surface area (Å²) in [5.41, 5.74) is 5.49. The van der Waals surface area contributed by atoms with Crippen LogP contribution in [-0.4, -0.2) is 52.1 Å². The van der Waals surface area contributed by atoms with Crippen LogP contribution in [0.3, 0.4) is 0 Å². The van der Waals surface area contributed by atoms with E-state index in [4.69, 9.17) is 0 Å². The van der Waals surface area contributed by atoms with Crippen LogP contribution in [0.2, 0.25) is 0 Å². The minimum Gasteiger partial charge on any atom is -0.368 e. The second-order valence-corrected chi connectivity index (χ2v) is 10.3. The first kappa shape index (κ1) is 25.3. The quantitative estimate of drug-likeness (QED) is 0.549. The highest BCUT2D eigenvalue weighted by Gasteiger charge is 2.23. The lowest BCUT2D eigenvalue weighted by atomic mass is 9.95. The zero-order chi connectivity index (χ0) is 25.9. The molecule has 188 valence electrons. The Bertz CT molecular complexity index is 1280. The van der Waals surface area contributed by atoms with Gasteiger partial charge < -0.3 is 15.5 Å². The Morgan fingerprint density at radius 1 is 1.28 bits per heavy atom. The topological polar surface area (TPSA) is 112 Å². The van der Waals surface area contributed by atoms with Gasteiger partial charge in [0.1, 0.15) is 6.07 Å². The van der Waals surface area contributed by atoms with E-state index in [1.807, 2.05) is 53.1 Å². The zero-order valence-electron chi connectivity index (χ0n) is 21.7. The summed E-state index contributed by atoms with van der Waals surface area (Å²) < 4.78 is 1.68. The highest BCUT2D eigenvalue weighted by Crippen LogP contribution is 2.35. The molecular weight excluding hydrogens is 452 g/mol. The Labute approximate surface area is 212 Å². The Hall–Kier alpha value is -3.77. The van der Waals surface area contributed by atoms with Crippen molar-refractivity contribution in [1.29, 1.82) is 5.26 Å². The van der Waals surface area contributed by atoms with Crippen LogP contribution in [0.4, 0.5) is 5.69 Å². The third-order valence-electron chi connectivity index (χ3n) is 6.70.